The van der Waals surface area contributed by atoms with Crippen molar-refractivity contribution in [3.05, 3.63) is 24.3 Å². The van der Waals surface area contributed by atoms with Crippen LogP contribution in [0.15, 0.2) is 24.3 Å². The molecule has 1 heterocycles. The van der Waals surface area contributed by atoms with Crippen molar-refractivity contribution in [1.82, 2.24) is 0 Å². The van der Waals surface area contributed by atoms with E-state index in [0.717, 1.165) is 6.42 Å². The minimum absolute atomic E-state index is 0.316. The highest BCUT2D eigenvalue weighted by Gasteiger charge is 2.59. The van der Waals surface area contributed by atoms with E-state index in [-0.39, 0.29) is 5.41 Å². The van der Waals surface area contributed by atoms with Gasteiger partial charge in [0.05, 0.1) is 0 Å². The Bertz CT molecular complexity index is 367. The molecule has 2 aliphatic rings. The first-order valence-corrected chi connectivity index (χ1v) is 5.65. The third kappa shape index (κ3) is 1.39. The topological polar surface area (TPSA) is 49.7 Å². The monoisotopic (exact) mass is 224 g/mol. The smallest absolute Gasteiger partial charge is 0.183 e. The lowest BCUT2D eigenvalue weighted by molar-refractivity contribution is -0.281. The van der Waals surface area contributed by atoms with Crippen molar-refractivity contribution >= 4 is 0 Å². The van der Waals surface area contributed by atoms with Gasteiger partial charge in [-0.25, -0.2) is 0 Å². The van der Waals surface area contributed by atoms with Crippen LogP contribution in [-0.4, -0.2) is 27.2 Å². The molecule has 1 aliphatic carbocycles. The number of hydrogen-bond acceptors (Lipinski definition) is 3. The number of ether oxygens (including phenoxy) is 1. The maximum absolute atomic E-state index is 10.8. The molecule has 0 saturated heterocycles. The Morgan fingerprint density at radius 1 is 1.00 bits per heavy atom. The van der Waals surface area contributed by atoms with Gasteiger partial charge in [-0.2, -0.15) is 0 Å². The minimum Gasteiger partial charge on any atom is -0.382 e. The molecule has 3 unspecified atom stereocenters. The van der Waals surface area contributed by atoms with E-state index in [0.29, 0.717) is 0 Å². The number of hydrogen-bond donors (Lipinski definition) is 2. The predicted molar refractivity (Wildman–Crippen MR) is 61.7 cm³/mol. The maximum Gasteiger partial charge on any atom is 0.183 e. The Kier molecular flexibility index (Phi) is 2.20. The van der Waals surface area contributed by atoms with E-state index in [1.165, 1.54) is 6.08 Å². The summed E-state index contributed by atoms with van der Waals surface area (Å²) in [5.41, 5.74) is -2.28. The molecular formula is C13H20O3. The second kappa shape index (κ2) is 2.97. The molecule has 0 amide bonds. The van der Waals surface area contributed by atoms with Crippen LogP contribution in [0.1, 0.15) is 34.1 Å². The molecule has 0 radical (unpaired) electrons. The van der Waals surface area contributed by atoms with Gasteiger partial charge in [0.25, 0.3) is 0 Å². The van der Waals surface area contributed by atoms with E-state index in [1.54, 1.807) is 13.0 Å². The van der Waals surface area contributed by atoms with Gasteiger partial charge in [-0.15, -0.1) is 0 Å². The zero-order valence-corrected chi connectivity index (χ0v) is 10.3. The molecule has 2 N–H and O–H groups in total. The van der Waals surface area contributed by atoms with E-state index in [9.17, 15) is 10.2 Å². The van der Waals surface area contributed by atoms with Gasteiger partial charge in [0, 0.05) is 5.41 Å². The third-order valence-corrected chi connectivity index (χ3v) is 3.91. The molecule has 3 nitrogen and oxygen atoms in total. The molecule has 2 rings (SSSR count). The number of fused-ring (bicyclic) bond motifs is 1. The second-order valence-electron chi connectivity index (χ2n) is 5.85. The van der Waals surface area contributed by atoms with Gasteiger partial charge in [-0.05, 0) is 32.4 Å². The normalized spacial score (nSPS) is 50.1. The quantitative estimate of drug-likeness (QED) is 0.616. The summed E-state index contributed by atoms with van der Waals surface area (Å²) in [7, 11) is 0. The summed E-state index contributed by atoms with van der Waals surface area (Å²) in [6.07, 6.45) is 7.84. The zero-order valence-electron chi connectivity index (χ0n) is 10.3. The molecule has 3 atom stereocenters. The molecular weight excluding hydrogens is 204 g/mol. The molecule has 90 valence electrons. The Labute approximate surface area is 96.4 Å². The van der Waals surface area contributed by atoms with Crippen molar-refractivity contribution in [3.8, 4) is 0 Å². The van der Waals surface area contributed by atoms with Crippen molar-refractivity contribution in [2.45, 2.75) is 51.1 Å². The van der Waals surface area contributed by atoms with E-state index in [1.807, 2.05) is 32.9 Å². The molecule has 16 heavy (non-hydrogen) atoms. The van der Waals surface area contributed by atoms with E-state index < -0.39 is 17.0 Å². The summed E-state index contributed by atoms with van der Waals surface area (Å²) in [6.45, 7) is 7.39. The highest BCUT2D eigenvalue weighted by Crippen LogP contribution is 2.51. The summed E-state index contributed by atoms with van der Waals surface area (Å²) in [5.74, 6) is -1.32. The first-order valence-electron chi connectivity index (χ1n) is 5.65. The van der Waals surface area contributed by atoms with Gasteiger partial charge in [0.2, 0.25) is 0 Å². The lowest BCUT2D eigenvalue weighted by Gasteiger charge is -2.56. The molecule has 0 fully saturated rings. The Morgan fingerprint density at radius 3 is 2.25 bits per heavy atom. The third-order valence-electron chi connectivity index (χ3n) is 3.91. The molecule has 0 spiro atoms. The predicted octanol–water partition coefficient (Wildman–Crippen LogP) is 1.76. The number of aliphatic hydroxyl groups is 2. The lowest BCUT2D eigenvalue weighted by atomic mass is 9.60. The summed E-state index contributed by atoms with van der Waals surface area (Å²) in [4.78, 5) is 0. The molecule has 0 aromatic rings. The fourth-order valence-corrected chi connectivity index (χ4v) is 2.77. The van der Waals surface area contributed by atoms with Crippen LogP contribution in [0.3, 0.4) is 0 Å². The maximum atomic E-state index is 10.8. The first-order chi connectivity index (χ1) is 7.12. The largest absolute Gasteiger partial charge is 0.382 e. The van der Waals surface area contributed by atoms with E-state index in [4.69, 9.17) is 4.74 Å². The Balaban J connectivity index is 2.56. The molecule has 0 bridgehead atoms. The van der Waals surface area contributed by atoms with E-state index in [2.05, 4.69) is 0 Å². The molecule has 0 saturated carbocycles. The summed E-state index contributed by atoms with van der Waals surface area (Å²) in [5, 5.41) is 20.7. The zero-order chi connectivity index (χ0) is 12.2. The number of allylic oxidation sites excluding steroid dienone is 1. The highest BCUT2D eigenvalue weighted by atomic mass is 16.6. The molecule has 0 aromatic carbocycles. The van der Waals surface area contributed by atoms with Gasteiger partial charge in [0.15, 0.2) is 5.79 Å². The van der Waals surface area contributed by atoms with Crippen LogP contribution in [0.2, 0.25) is 0 Å². The minimum atomic E-state index is -1.32. The van der Waals surface area contributed by atoms with Gasteiger partial charge in [0.1, 0.15) is 11.2 Å². The van der Waals surface area contributed by atoms with Crippen molar-refractivity contribution < 1.29 is 14.9 Å². The van der Waals surface area contributed by atoms with Crippen LogP contribution in [-0.2, 0) is 4.74 Å². The molecule has 0 aromatic heterocycles. The second-order valence-corrected chi connectivity index (χ2v) is 5.85. The van der Waals surface area contributed by atoms with E-state index >= 15 is 0 Å². The van der Waals surface area contributed by atoms with Crippen LogP contribution in [0, 0.1) is 5.41 Å². The fraction of sp³-hybridized carbons (Fsp3) is 0.692. The first kappa shape index (κ1) is 11.8. The molecule has 1 aliphatic heterocycles. The van der Waals surface area contributed by atoms with Crippen LogP contribution in [0.4, 0.5) is 0 Å². The van der Waals surface area contributed by atoms with Gasteiger partial charge in [-0.1, -0.05) is 26.0 Å². The van der Waals surface area contributed by atoms with Crippen LogP contribution in [0.25, 0.3) is 0 Å². The summed E-state index contributed by atoms with van der Waals surface area (Å²) in [6, 6.07) is 0. The van der Waals surface area contributed by atoms with Crippen LogP contribution < -0.4 is 0 Å². The highest BCUT2D eigenvalue weighted by molar-refractivity contribution is 5.31. The lowest BCUT2D eigenvalue weighted by Crippen LogP contribution is -2.65. The Hall–Kier alpha value is -0.640. The summed E-state index contributed by atoms with van der Waals surface area (Å²) < 4.78 is 5.64. The van der Waals surface area contributed by atoms with Crippen molar-refractivity contribution in [1.29, 1.82) is 0 Å². The van der Waals surface area contributed by atoms with Crippen molar-refractivity contribution in [2.24, 2.45) is 5.41 Å². The van der Waals surface area contributed by atoms with Gasteiger partial charge in [-0.3, -0.25) is 0 Å². The average Bonchev–Trinajstić information content (AvgIpc) is 2.09. The van der Waals surface area contributed by atoms with Crippen LogP contribution in [0.5, 0.6) is 0 Å². The standard InChI is InChI=1S/C13H20O3/c1-10(2)6-5-7-11(3)13(10,15)9-8-12(4,14)16-11/h5,7-9,14-15H,6H2,1-4H3. The number of rotatable bonds is 0. The Morgan fingerprint density at radius 2 is 1.62 bits per heavy atom. The SMILES string of the molecule is CC1(O)C=CC2(O)C(C)(C)CC=CC2(C)O1. The van der Waals surface area contributed by atoms with Crippen LogP contribution >= 0.6 is 0 Å². The summed E-state index contributed by atoms with van der Waals surface area (Å²) >= 11 is 0. The molecule has 3 heteroatoms. The fourth-order valence-electron chi connectivity index (χ4n) is 2.77. The van der Waals surface area contributed by atoms with Gasteiger partial charge < -0.3 is 14.9 Å². The average molecular weight is 224 g/mol. The van der Waals surface area contributed by atoms with Gasteiger partial charge >= 0.3 is 0 Å². The van der Waals surface area contributed by atoms with Crippen molar-refractivity contribution in [3.63, 3.8) is 0 Å². The van der Waals surface area contributed by atoms with Crippen molar-refractivity contribution in [2.75, 3.05) is 0 Å².